The van der Waals surface area contributed by atoms with Crippen molar-refractivity contribution in [3.05, 3.63) is 54.0 Å². The number of carbonyl (C=O) groups is 1. The molecule has 0 atom stereocenters. The SMILES string of the molecule is COC(=O)Cc1nnc(-c2cc3nc(-c4ccccc4)cc(C(F)(F)F)n3n2)o1. The summed E-state index contributed by atoms with van der Waals surface area (Å²) in [4.78, 5) is 15.6. The van der Waals surface area contributed by atoms with E-state index in [1.807, 2.05) is 0 Å². The maximum Gasteiger partial charge on any atom is 0.433 e. The zero-order valence-corrected chi connectivity index (χ0v) is 14.8. The average molecular weight is 403 g/mol. The number of hydrogen-bond acceptors (Lipinski definition) is 7. The lowest BCUT2D eigenvalue weighted by atomic mass is 10.1. The highest BCUT2D eigenvalue weighted by Gasteiger charge is 2.35. The van der Waals surface area contributed by atoms with Gasteiger partial charge in [-0.2, -0.15) is 18.3 Å². The first-order valence-electron chi connectivity index (χ1n) is 8.28. The molecule has 0 aliphatic carbocycles. The summed E-state index contributed by atoms with van der Waals surface area (Å²) in [6.07, 6.45) is -4.93. The lowest BCUT2D eigenvalue weighted by molar-refractivity contribution is -0.142. The molecule has 0 saturated heterocycles. The van der Waals surface area contributed by atoms with E-state index >= 15 is 0 Å². The fourth-order valence-electron chi connectivity index (χ4n) is 2.66. The molecule has 29 heavy (non-hydrogen) atoms. The Balaban J connectivity index is 1.82. The normalized spacial score (nSPS) is 11.7. The first-order valence-corrected chi connectivity index (χ1v) is 8.28. The van der Waals surface area contributed by atoms with E-state index < -0.39 is 17.8 Å². The lowest BCUT2D eigenvalue weighted by Crippen LogP contribution is -2.13. The Kier molecular flexibility index (Phi) is 4.49. The van der Waals surface area contributed by atoms with Gasteiger partial charge in [-0.1, -0.05) is 30.3 Å². The van der Waals surface area contributed by atoms with E-state index in [0.29, 0.717) is 10.1 Å². The van der Waals surface area contributed by atoms with Gasteiger partial charge < -0.3 is 9.15 Å². The molecule has 0 amide bonds. The molecule has 0 unspecified atom stereocenters. The van der Waals surface area contributed by atoms with Gasteiger partial charge in [-0.3, -0.25) is 4.79 Å². The van der Waals surface area contributed by atoms with Gasteiger partial charge in [-0.25, -0.2) is 9.50 Å². The summed E-state index contributed by atoms with van der Waals surface area (Å²) in [7, 11) is 1.20. The first kappa shape index (κ1) is 18.6. The zero-order chi connectivity index (χ0) is 20.6. The molecule has 4 rings (SSSR count). The van der Waals surface area contributed by atoms with Gasteiger partial charge in [-0.15, -0.1) is 10.2 Å². The number of halogens is 3. The molecule has 0 bridgehead atoms. The third kappa shape index (κ3) is 3.66. The second-order valence-corrected chi connectivity index (χ2v) is 5.94. The molecule has 0 fully saturated rings. The van der Waals surface area contributed by atoms with Crippen LogP contribution in [0.5, 0.6) is 0 Å². The number of fused-ring (bicyclic) bond motifs is 1. The number of esters is 1. The average Bonchev–Trinajstić information content (AvgIpc) is 3.33. The minimum atomic E-state index is -4.67. The van der Waals surface area contributed by atoms with Gasteiger partial charge in [-0.05, 0) is 6.07 Å². The van der Waals surface area contributed by atoms with Crippen LogP contribution in [0.2, 0.25) is 0 Å². The molecule has 1 aromatic carbocycles. The number of alkyl halides is 3. The lowest BCUT2D eigenvalue weighted by Gasteiger charge is -2.10. The van der Waals surface area contributed by atoms with Crippen LogP contribution in [0.3, 0.4) is 0 Å². The van der Waals surface area contributed by atoms with Crippen LogP contribution in [-0.4, -0.2) is 37.9 Å². The molecular formula is C18H12F3N5O3. The number of carbonyl (C=O) groups excluding carboxylic acids is 1. The van der Waals surface area contributed by atoms with Crippen molar-refractivity contribution in [3.63, 3.8) is 0 Å². The van der Waals surface area contributed by atoms with Crippen molar-refractivity contribution < 1.29 is 27.1 Å². The quantitative estimate of drug-likeness (QED) is 0.483. The van der Waals surface area contributed by atoms with Crippen LogP contribution in [0.15, 0.2) is 46.9 Å². The monoisotopic (exact) mass is 403 g/mol. The van der Waals surface area contributed by atoms with Crippen molar-refractivity contribution in [1.82, 2.24) is 24.8 Å². The van der Waals surface area contributed by atoms with Crippen molar-refractivity contribution in [1.29, 1.82) is 0 Å². The topological polar surface area (TPSA) is 95.4 Å². The molecule has 8 nitrogen and oxygen atoms in total. The molecule has 0 spiro atoms. The minimum absolute atomic E-state index is 0.00294. The van der Waals surface area contributed by atoms with Crippen LogP contribution in [0.4, 0.5) is 13.2 Å². The van der Waals surface area contributed by atoms with Crippen LogP contribution in [0.1, 0.15) is 11.6 Å². The second-order valence-electron chi connectivity index (χ2n) is 5.94. The molecule has 3 heterocycles. The van der Waals surface area contributed by atoms with Crippen molar-refractivity contribution in [3.8, 4) is 22.8 Å². The van der Waals surface area contributed by atoms with Crippen LogP contribution in [0, 0.1) is 0 Å². The minimum Gasteiger partial charge on any atom is -0.469 e. The smallest absolute Gasteiger partial charge is 0.433 e. The van der Waals surface area contributed by atoms with Gasteiger partial charge in [0.1, 0.15) is 6.42 Å². The first-order chi connectivity index (χ1) is 13.8. The van der Waals surface area contributed by atoms with Gasteiger partial charge in [0.15, 0.2) is 17.0 Å². The van der Waals surface area contributed by atoms with Crippen LogP contribution in [0.25, 0.3) is 28.5 Å². The van der Waals surface area contributed by atoms with Gasteiger partial charge in [0.2, 0.25) is 5.89 Å². The number of benzene rings is 1. The number of aromatic nitrogens is 5. The van der Waals surface area contributed by atoms with E-state index in [0.717, 1.165) is 6.07 Å². The Morgan fingerprint density at radius 3 is 2.59 bits per heavy atom. The summed E-state index contributed by atoms with van der Waals surface area (Å²) in [6, 6.07) is 10.7. The van der Waals surface area contributed by atoms with Crippen molar-refractivity contribution >= 4 is 11.6 Å². The Morgan fingerprint density at radius 1 is 1.14 bits per heavy atom. The Morgan fingerprint density at radius 2 is 1.90 bits per heavy atom. The maximum atomic E-state index is 13.6. The number of methoxy groups -OCH3 is 1. The molecule has 0 aliphatic heterocycles. The summed E-state index contributed by atoms with van der Waals surface area (Å²) in [6.45, 7) is 0. The largest absolute Gasteiger partial charge is 0.469 e. The third-order valence-electron chi connectivity index (χ3n) is 4.00. The Labute approximate surface area is 161 Å². The van der Waals surface area contributed by atoms with Crippen LogP contribution in [-0.2, 0) is 22.1 Å². The summed E-state index contributed by atoms with van der Waals surface area (Å²) in [5.41, 5.74) is -0.365. The highest BCUT2D eigenvalue weighted by molar-refractivity contribution is 5.71. The van der Waals surface area contributed by atoms with Crippen molar-refractivity contribution in [2.45, 2.75) is 12.6 Å². The standard InChI is InChI=1S/C18H12F3N5O3/c1-28-16(27)9-15-23-24-17(29-15)12-8-14-22-11(10-5-3-2-4-6-10)7-13(18(19,20)21)26(14)25-12/h2-8H,9H2,1H3. The van der Waals surface area contributed by atoms with E-state index in [1.165, 1.54) is 13.2 Å². The predicted molar refractivity (Wildman–Crippen MR) is 92.4 cm³/mol. The summed E-state index contributed by atoms with van der Waals surface area (Å²) in [5, 5.41) is 11.3. The van der Waals surface area contributed by atoms with Crippen LogP contribution < -0.4 is 0 Å². The maximum absolute atomic E-state index is 13.6. The van der Waals surface area contributed by atoms with Gasteiger partial charge in [0.05, 0.1) is 12.8 Å². The van der Waals surface area contributed by atoms with E-state index in [9.17, 15) is 18.0 Å². The summed E-state index contributed by atoms with van der Waals surface area (Å²) in [5.74, 6) is -0.773. The number of rotatable bonds is 4. The number of hydrogen-bond donors (Lipinski definition) is 0. The Bertz CT molecular complexity index is 1180. The molecule has 4 aromatic rings. The molecule has 0 aliphatic rings. The summed E-state index contributed by atoms with van der Waals surface area (Å²) < 4.78 is 51.3. The van der Waals surface area contributed by atoms with E-state index in [-0.39, 0.29) is 35.2 Å². The highest BCUT2D eigenvalue weighted by Crippen LogP contribution is 2.33. The van der Waals surface area contributed by atoms with E-state index in [2.05, 4.69) is 25.0 Å². The van der Waals surface area contributed by atoms with E-state index in [1.54, 1.807) is 30.3 Å². The predicted octanol–water partition coefficient (Wildman–Crippen LogP) is 3.18. The van der Waals surface area contributed by atoms with Crippen molar-refractivity contribution in [2.24, 2.45) is 0 Å². The number of nitrogens with zero attached hydrogens (tertiary/aromatic N) is 5. The highest BCUT2D eigenvalue weighted by atomic mass is 19.4. The summed E-state index contributed by atoms with van der Waals surface area (Å²) >= 11 is 0. The molecule has 0 radical (unpaired) electrons. The van der Waals surface area contributed by atoms with Gasteiger partial charge in [0.25, 0.3) is 5.89 Å². The zero-order valence-electron chi connectivity index (χ0n) is 14.8. The molecular weight excluding hydrogens is 391 g/mol. The van der Waals surface area contributed by atoms with E-state index in [4.69, 9.17) is 4.42 Å². The van der Waals surface area contributed by atoms with Crippen molar-refractivity contribution in [2.75, 3.05) is 7.11 Å². The molecule has 0 N–H and O–H groups in total. The number of ether oxygens (including phenoxy) is 1. The van der Waals surface area contributed by atoms with Gasteiger partial charge >= 0.3 is 12.1 Å². The molecule has 11 heteroatoms. The molecule has 148 valence electrons. The Hall–Kier alpha value is -3.76. The van der Waals surface area contributed by atoms with Gasteiger partial charge in [0, 0.05) is 11.6 Å². The fraction of sp³-hybridized carbons (Fsp3) is 0.167. The molecule has 3 aromatic heterocycles. The fourth-order valence-corrected chi connectivity index (χ4v) is 2.66. The van der Waals surface area contributed by atoms with Crippen LogP contribution >= 0.6 is 0 Å². The third-order valence-corrected chi connectivity index (χ3v) is 4.00. The molecule has 0 saturated carbocycles. The second kappa shape index (κ2) is 7.00.